The number of amides is 1. The molecule has 0 aliphatic rings. The average molecular weight is 375 g/mol. The molecule has 7 heteroatoms. The Labute approximate surface area is 134 Å². The van der Waals surface area contributed by atoms with Gasteiger partial charge >= 0.3 is 0 Å². The summed E-state index contributed by atoms with van der Waals surface area (Å²) in [5.41, 5.74) is 2.81. The predicted molar refractivity (Wildman–Crippen MR) is 83.6 cm³/mol. The third-order valence-electron chi connectivity index (χ3n) is 2.70. The van der Waals surface area contributed by atoms with Gasteiger partial charge in [0, 0.05) is 10.2 Å². The van der Waals surface area contributed by atoms with Crippen LogP contribution in [-0.4, -0.2) is 16.1 Å². The Kier molecular flexibility index (Phi) is 4.62. The third-order valence-corrected chi connectivity index (χ3v) is 3.62. The van der Waals surface area contributed by atoms with Crippen LogP contribution >= 0.6 is 39.1 Å². The van der Waals surface area contributed by atoms with Crippen molar-refractivity contribution in [1.29, 1.82) is 0 Å². The summed E-state index contributed by atoms with van der Waals surface area (Å²) in [5.74, 6) is -0.375. The van der Waals surface area contributed by atoms with E-state index in [1.54, 1.807) is 0 Å². The highest BCUT2D eigenvalue weighted by Crippen LogP contribution is 2.26. The molecular formula is C13H10BrCl2N3O. The second-order valence-corrected chi connectivity index (χ2v) is 5.90. The summed E-state index contributed by atoms with van der Waals surface area (Å²) in [4.78, 5) is 12.2. The summed E-state index contributed by atoms with van der Waals surface area (Å²) >= 11 is 15.0. The van der Waals surface area contributed by atoms with Crippen molar-refractivity contribution in [1.82, 2.24) is 10.2 Å². The Balaban J connectivity index is 2.35. The Morgan fingerprint density at radius 3 is 2.35 bits per heavy atom. The van der Waals surface area contributed by atoms with Gasteiger partial charge in [-0.05, 0) is 43.2 Å². The molecule has 2 aromatic rings. The van der Waals surface area contributed by atoms with E-state index >= 15 is 0 Å². The van der Waals surface area contributed by atoms with E-state index in [1.807, 2.05) is 26.0 Å². The quantitative estimate of drug-likeness (QED) is 0.846. The molecule has 0 atom stereocenters. The lowest BCUT2D eigenvalue weighted by Crippen LogP contribution is -2.15. The van der Waals surface area contributed by atoms with Crippen molar-refractivity contribution in [3.63, 3.8) is 0 Å². The van der Waals surface area contributed by atoms with Crippen molar-refractivity contribution in [3.8, 4) is 0 Å². The maximum atomic E-state index is 12.2. The SMILES string of the molecule is Cc1cc(Br)cc(C)c1NC(=O)c1cc(Cl)nnc1Cl. The molecule has 1 aromatic carbocycles. The normalized spacial score (nSPS) is 10.4. The van der Waals surface area contributed by atoms with Crippen LogP contribution in [-0.2, 0) is 0 Å². The zero-order valence-electron chi connectivity index (χ0n) is 10.7. The number of aromatic nitrogens is 2. The molecule has 1 aromatic heterocycles. The molecule has 0 fully saturated rings. The number of halogens is 3. The molecule has 20 heavy (non-hydrogen) atoms. The minimum Gasteiger partial charge on any atom is -0.321 e. The van der Waals surface area contributed by atoms with Gasteiger partial charge in [-0.2, -0.15) is 0 Å². The predicted octanol–water partition coefficient (Wildman–Crippen LogP) is 4.42. The molecular weight excluding hydrogens is 365 g/mol. The molecule has 1 N–H and O–H groups in total. The van der Waals surface area contributed by atoms with Crippen LogP contribution < -0.4 is 5.32 Å². The van der Waals surface area contributed by atoms with E-state index in [4.69, 9.17) is 23.2 Å². The Morgan fingerprint density at radius 2 is 1.75 bits per heavy atom. The first kappa shape index (κ1) is 15.2. The van der Waals surface area contributed by atoms with Crippen LogP contribution in [0.1, 0.15) is 21.5 Å². The molecule has 0 saturated heterocycles. The molecule has 1 heterocycles. The van der Waals surface area contributed by atoms with Crippen molar-refractivity contribution in [3.05, 3.63) is 49.7 Å². The molecule has 0 unspecified atom stereocenters. The first-order chi connectivity index (χ1) is 9.38. The number of hydrogen-bond donors (Lipinski definition) is 1. The van der Waals surface area contributed by atoms with Gasteiger partial charge in [0.15, 0.2) is 10.3 Å². The van der Waals surface area contributed by atoms with E-state index in [0.29, 0.717) is 0 Å². The van der Waals surface area contributed by atoms with Gasteiger partial charge in [-0.25, -0.2) is 0 Å². The summed E-state index contributed by atoms with van der Waals surface area (Å²) in [6.45, 7) is 3.82. The summed E-state index contributed by atoms with van der Waals surface area (Å²) in [7, 11) is 0. The van der Waals surface area contributed by atoms with Crippen molar-refractivity contribution in [2.45, 2.75) is 13.8 Å². The third kappa shape index (κ3) is 3.29. The minimum absolute atomic E-state index is 0.0133. The summed E-state index contributed by atoms with van der Waals surface area (Å²) in [5, 5.41) is 10.1. The Morgan fingerprint density at radius 1 is 1.15 bits per heavy atom. The van der Waals surface area contributed by atoms with Crippen LogP contribution in [0.5, 0.6) is 0 Å². The van der Waals surface area contributed by atoms with Crippen LogP contribution in [0.25, 0.3) is 0 Å². The highest BCUT2D eigenvalue weighted by atomic mass is 79.9. The first-order valence-corrected chi connectivity index (χ1v) is 7.20. The van der Waals surface area contributed by atoms with Gasteiger partial charge in [-0.1, -0.05) is 39.1 Å². The molecule has 0 radical (unpaired) electrons. The number of aryl methyl sites for hydroxylation is 2. The lowest BCUT2D eigenvalue weighted by molar-refractivity contribution is 0.102. The number of nitrogens with zero attached hydrogens (tertiary/aromatic N) is 2. The number of rotatable bonds is 2. The zero-order valence-corrected chi connectivity index (χ0v) is 13.8. The lowest BCUT2D eigenvalue weighted by Gasteiger charge is -2.12. The Bertz CT molecular complexity index is 668. The molecule has 0 aliphatic carbocycles. The second-order valence-electron chi connectivity index (χ2n) is 4.24. The van der Waals surface area contributed by atoms with E-state index in [2.05, 4.69) is 31.4 Å². The van der Waals surface area contributed by atoms with E-state index < -0.39 is 0 Å². The van der Waals surface area contributed by atoms with E-state index in [1.165, 1.54) is 6.07 Å². The van der Waals surface area contributed by atoms with Crippen LogP contribution in [0.3, 0.4) is 0 Å². The number of carbonyl (C=O) groups is 1. The van der Waals surface area contributed by atoms with Crippen molar-refractivity contribution in [2.75, 3.05) is 5.32 Å². The molecule has 0 bridgehead atoms. The number of hydrogen-bond acceptors (Lipinski definition) is 3. The molecule has 1 amide bonds. The van der Waals surface area contributed by atoms with Crippen molar-refractivity contribution in [2.24, 2.45) is 0 Å². The zero-order chi connectivity index (χ0) is 14.9. The fourth-order valence-corrected chi connectivity index (χ4v) is 2.81. The highest BCUT2D eigenvalue weighted by molar-refractivity contribution is 9.10. The van der Waals surface area contributed by atoms with Gasteiger partial charge in [-0.15, -0.1) is 10.2 Å². The molecule has 0 spiro atoms. The van der Waals surface area contributed by atoms with Crippen LogP contribution in [0.2, 0.25) is 10.3 Å². The number of nitrogens with one attached hydrogen (secondary N) is 1. The second kappa shape index (κ2) is 6.08. The monoisotopic (exact) mass is 373 g/mol. The molecule has 0 saturated carbocycles. The van der Waals surface area contributed by atoms with Crippen LogP contribution in [0.15, 0.2) is 22.7 Å². The smallest absolute Gasteiger partial charge is 0.258 e. The van der Waals surface area contributed by atoms with Gasteiger partial charge < -0.3 is 5.32 Å². The minimum atomic E-state index is -0.375. The molecule has 104 valence electrons. The van der Waals surface area contributed by atoms with E-state index in [0.717, 1.165) is 21.3 Å². The summed E-state index contributed by atoms with van der Waals surface area (Å²) < 4.78 is 0.956. The topological polar surface area (TPSA) is 54.9 Å². The van der Waals surface area contributed by atoms with Gasteiger partial charge in [0.1, 0.15) is 0 Å². The molecule has 2 rings (SSSR count). The summed E-state index contributed by atoms with van der Waals surface area (Å²) in [6, 6.07) is 5.22. The number of carbonyl (C=O) groups excluding carboxylic acids is 1. The fourth-order valence-electron chi connectivity index (χ4n) is 1.80. The van der Waals surface area contributed by atoms with E-state index in [-0.39, 0.29) is 21.8 Å². The maximum absolute atomic E-state index is 12.2. The van der Waals surface area contributed by atoms with Gasteiger partial charge in [0.2, 0.25) is 0 Å². The highest BCUT2D eigenvalue weighted by Gasteiger charge is 2.15. The van der Waals surface area contributed by atoms with E-state index in [9.17, 15) is 4.79 Å². The van der Waals surface area contributed by atoms with Gasteiger partial charge in [0.05, 0.1) is 5.56 Å². The first-order valence-electron chi connectivity index (χ1n) is 5.65. The maximum Gasteiger partial charge on any atom is 0.258 e. The van der Waals surface area contributed by atoms with Crippen LogP contribution in [0.4, 0.5) is 5.69 Å². The lowest BCUT2D eigenvalue weighted by atomic mass is 10.1. The van der Waals surface area contributed by atoms with Crippen LogP contribution in [0, 0.1) is 13.8 Å². The standard InChI is InChI=1S/C13H10BrCl2N3O/c1-6-3-8(14)4-7(2)11(6)17-13(20)9-5-10(15)18-19-12(9)16/h3-5H,1-2H3,(H,17,20). The van der Waals surface area contributed by atoms with Gasteiger partial charge in [-0.3, -0.25) is 4.79 Å². The largest absolute Gasteiger partial charge is 0.321 e. The Hall–Kier alpha value is -1.17. The van der Waals surface area contributed by atoms with Crippen molar-refractivity contribution >= 4 is 50.7 Å². The van der Waals surface area contributed by atoms with Crippen molar-refractivity contribution < 1.29 is 4.79 Å². The number of benzene rings is 1. The summed E-state index contributed by atoms with van der Waals surface area (Å²) in [6.07, 6.45) is 0. The number of anilines is 1. The molecule has 4 nitrogen and oxygen atoms in total. The fraction of sp³-hybridized carbons (Fsp3) is 0.154. The van der Waals surface area contributed by atoms with Gasteiger partial charge in [0.25, 0.3) is 5.91 Å². The molecule has 0 aliphatic heterocycles. The average Bonchev–Trinajstić information content (AvgIpc) is 2.36.